The van der Waals surface area contributed by atoms with Gasteiger partial charge in [-0.3, -0.25) is 0 Å². The molecule has 1 aliphatic heterocycles. The van der Waals surface area contributed by atoms with Crippen molar-refractivity contribution in [3.8, 4) is 0 Å². The first-order valence-electron chi connectivity index (χ1n) is 6.66. The van der Waals surface area contributed by atoms with E-state index in [1.807, 2.05) is 0 Å². The van der Waals surface area contributed by atoms with Gasteiger partial charge in [-0.25, -0.2) is 0 Å². The second-order valence-electron chi connectivity index (χ2n) is 4.97. The highest BCUT2D eigenvalue weighted by atomic mass is 16.5. The number of likely N-dealkylation sites (N-methyl/N-ethyl adjacent to an activating group) is 1. The molecule has 2 atom stereocenters. The van der Waals surface area contributed by atoms with E-state index in [4.69, 9.17) is 4.65 Å². The third-order valence-electron chi connectivity index (χ3n) is 3.77. The molecule has 0 aliphatic carbocycles. The number of hydrogen-bond donors (Lipinski definition) is 0. The van der Waals surface area contributed by atoms with Crippen molar-refractivity contribution in [1.29, 1.82) is 0 Å². The predicted octanol–water partition coefficient (Wildman–Crippen LogP) is 3.37. The van der Waals surface area contributed by atoms with Gasteiger partial charge in [-0.05, 0) is 25.9 Å². The Balaban J connectivity index is 2.06. The third-order valence-corrected chi connectivity index (χ3v) is 3.77. The van der Waals surface area contributed by atoms with Crippen LogP contribution < -0.4 is 0 Å². The van der Waals surface area contributed by atoms with Crippen molar-refractivity contribution < 1.29 is 4.65 Å². The predicted molar refractivity (Wildman–Crippen MR) is 73.0 cm³/mol. The standard InChI is InChI=1S/C14H22BNO/c1-4-5-11-15-16(3)12(2)14(17-15)13-9-7-6-8-10-13/h6-10,12,14H,4-5,11H2,1-3H3/t12-,14+/m1/s1. The van der Waals surface area contributed by atoms with Crippen LogP contribution in [0.3, 0.4) is 0 Å². The second-order valence-corrected chi connectivity index (χ2v) is 4.97. The third kappa shape index (κ3) is 2.72. The van der Waals surface area contributed by atoms with Crippen LogP contribution in [0, 0.1) is 0 Å². The maximum atomic E-state index is 6.20. The monoisotopic (exact) mass is 231 g/mol. The highest BCUT2D eigenvalue weighted by molar-refractivity contribution is 6.49. The zero-order valence-corrected chi connectivity index (χ0v) is 11.1. The molecule has 0 unspecified atom stereocenters. The van der Waals surface area contributed by atoms with Crippen LogP contribution in [0.2, 0.25) is 6.32 Å². The normalized spacial score (nSPS) is 25.5. The molecule has 1 saturated heterocycles. The molecule has 0 bridgehead atoms. The van der Waals surface area contributed by atoms with Crippen molar-refractivity contribution >= 4 is 7.05 Å². The lowest BCUT2D eigenvalue weighted by Gasteiger charge is -2.20. The van der Waals surface area contributed by atoms with Crippen LogP contribution in [0.4, 0.5) is 0 Å². The van der Waals surface area contributed by atoms with E-state index in [1.165, 1.54) is 18.4 Å². The molecule has 1 aromatic rings. The lowest BCUT2D eigenvalue weighted by Crippen LogP contribution is -2.35. The fourth-order valence-electron chi connectivity index (χ4n) is 2.50. The first kappa shape index (κ1) is 12.7. The summed E-state index contributed by atoms with van der Waals surface area (Å²) < 4.78 is 6.20. The Morgan fingerprint density at radius 1 is 1.29 bits per heavy atom. The average molecular weight is 231 g/mol. The Bertz CT molecular complexity index is 343. The zero-order chi connectivity index (χ0) is 12.3. The van der Waals surface area contributed by atoms with E-state index < -0.39 is 0 Å². The number of unbranched alkanes of at least 4 members (excludes halogenated alkanes) is 1. The number of nitrogens with zero attached hydrogens (tertiary/aromatic N) is 1. The summed E-state index contributed by atoms with van der Waals surface area (Å²) >= 11 is 0. The molecule has 92 valence electrons. The molecule has 0 radical (unpaired) electrons. The lowest BCUT2D eigenvalue weighted by molar-refractivity contribution is 0.209. The van der Waals surface area contributed by atoms with Crippen LogP contribution in [0.5, 0.6) is 0 Å². The molecule has 1 aromatic carbocycles. The average Bonchev–Trinajstić information content (AvgIpc) is 2.65. The first-order chi connectivity index (χ1) is 8.24. The minimum atomic E-state index is 0.225. The fourth-order valence-corrected chi connectivity index (χ4v) is 2.50. The van der Waals surface area contributed by atoms with Crippen molar-refractivity contribution in [2.45, 2.75) is 45.2 Å². The van der Waals surface area contributed by atoms with Crippen LogP contribution in [0.1, 0.15) is 38.4 Å². The van der Waals surface area contributed by atoms with E-state index in [0.29, 0.717) is 6.04 Å². The van der Waals surface area contributed by atoms with E-state index in [9.17, 15) is 0 Å². The maximum absolute atomic E-state index is 6.20. The van der Waals surface area contributed by atoms with Crippen LogP contribution in [-0.4, -0.2) is 25.0 Å². The lowest BCUT2D eigenvalue weighted by atomic mass is 9.75. The molecular weight excluding hydrogens is 209 g/mol. The molecule has 0 spiro atoms. The molecule has 1 fully saturated rings. The molecule has 0 amide bonds. The Morgan fingerprint density at radius 2 is 2.00 bits per heavy atom. The van der Waals surface area contributed by atoms with Gasteiger partial charge in [-0.2, -0.15) is 0 Å². The van der Waals surface area contributed by atoms with E-state index in [2.05, 4.69) is 56.0 Å². The van der Waals surface area contributed by atoms with Crippen LogP contribution in [-0.2, 0) is 4.65 Å². The molecule has 3 heteroatoms. The minimum Gasteiger partial charge on any atom is -0.413 e. The summed E-state index contributed by atoms with van der Waals surface area (Å²) in [6.45, 7) is 4.48. The summed E-state index contributed by atoms with van der Waals surface area (Å²) in [5.41, 5.74) is 1.30. The van der Waals surface area contributed by atoms with E-state index >= 15 is 0 Å². The highest BCUT2D eigenvalue weighted by Crippen LogP contribution is 2.33. The molecule has 1 heterocycles. The van der Waals surface area contributed by atoms with Crippen LogP contribution >= 0.6 is 0 Å². The smallest absolute Gasteiger partial charge is 0.383 e. The van der Waals surface area contributed by atoms with Gasteiger partial charge in [0.1, 0.15) is 0 Å². The number of rotatable bonds is 4. The molecule has 2 rings (SSSR count). The summed E-state index contributed by atoms with van der Waals surface area (Å²) in [6.07, 6.45) is 3.84. The Hall–Kier alpha value is -0.795. The van der Waals surface area contributed by atoms with Crippen LogP contribution in [0.25, 0.3) is 0 Å². The van der Waals surface area contributed by atoms with Gasteiger partial charge in [0.05, 0.1) is 6.10 Å². The SMILES string of the molecule is CCCCB1O[C@H](c2ccccc2)[C@@H](C)N1C. The Morgan fingerprint density at radius 3 is 2.65 bits per heavy atom. The van der Waals surface area contributed by atoms with Gasteiger partial charge in [0, 0.05) is 6.04 Å². The number of benzene rings is 1. The van der Waals surface area contributed by atoms with Gasteiger partial charge in [0.25, 0.3) is 0 Å². The van der Waals surface area contributed by atoms with Gasteiger partial charge in [-0.15, -0.1) is 0 Å². The molecule has 1 aliphatic rings. The largest absolute Gasteiger partial charge is 0.413 e. The van der Waals surface area contributed by atoms with Gasteiger partial charge in [-0.1, -0.05) is 50.1 Å². The molecular formula is C14H22BNO. The Kier molecular flexibility index (Phi) is 4.24. The highest BCUT2D eigenvalue weighted by Gasteiger charge is 2.40. The van der Waals surface area contributed by atoms with Gasteiger partial charge in [0.15, 0.2) is 0 Å². The quantitative estimate of drug-likeness (QED) is 0.736. The molecule has 2 nitrogen and oxygen atoms in total. The zero-order valence-electron chi connectivity index (χ0n) is 11.1. The Labute approximate surface area is 105 Å². The van der Waals surface area contributed by atoms with Crippen molar-refractivity contribution in [2.75, 3.05) is 7.05 Å². The maximum Gasteiger partial charge on any atom is 0.383 e. The van der Waals surface area contributed by atoms with E-state index in [0.717, 1.165) is 6.32 Å². The van der Waals surface area contributed by atoms with Crippen molar-refractivity contribution in [3.63, 3.8) is 0 Å². The van der Waals surface area contributed by atoms with Crippen LogP contribution in [0.15, 0.2) is 30.3 Å². The van der Waals surface area contributed by atoms with Crippen molar-refractivity contribution in [3.05, 3.63) is 35.9 Å². The second kappa shape index (κ2) is 5.70. The fraction of sp³-hybridized carbons (Fsp3) is 0.571. The molecule has 0 saturated carbocycles. The summed E-state index contributed by atoms with van der Waals surface area (Å²) in [5.74, 6) is 0. The van der Waals surface area contributed by atoms with Crippen molar-refractivity contribution in [2.24, 2.45) is 0 Å². The number of hydrogen-bond acceptors (Lipinski definition) is 2. The summed E-state index contributed by atoms with van der Waals surface area (Å²) in [4.78, 5) is 2.37. The van der Waals surface area contributed by atoms with Gasteiger partial charge in [0.2, 0.25) is 0 Å². The molecule has 0 N–H and O–H groups in total. The van der Waals surface area contributed by atoms with E-state index in [-0.39, 0.29) is 13.2 Å². The summed E-state index contributed by atoms with van der Waals surface area (Å²) in [5, 5.41) is 0. The van der Waals surface area contributed by atoms with Gasteiger partial charge < -0.3 is 9.47 Å². The summed E-state index contributed by atoms with van der Waals surface area (Å²) in [7, 11) is 2.46. The minimum absolute atomic E-state index is 0.225. The molecule has 0 aromatic heterocycles. The summed E-state index contributed by atoms with van der Waals surface area (Å²) in [6, 6.07) is 11.0. The van der Waals surface area contributed by atoms with Gasteiger partial charge >= 0.3 is 7.05 Å². The first-order valence-corrected chi connectivity index (χ1v) is 6.66. The topological polar surface area (TPSA) is 12.5 Å². The van der Waals surface area contributed by atoms with E-state index in [1.54, 1.807) is 0 Å². The molecule has 17 heavy (non-hydrogen) atoms. The van der Waals surface area contributed by atoms with Crippen molar-refractivity contribution in [1.82, 2.24) is 4.81 Å².